The monoisotopic (exact) mass is 414 g/mol. The van der Waals surface area contributed by atoms with E-state index in [2.05, 4.69) is 4.90 Å². The minimum absolute atomic E-state index is 0.0482. The number of carbonyl (C=O) groups excluding carboxylic acids is 2. The van der Waals surface area contributed by atoms with Crippen LogP contribution in [0.1, 0.15) is 23.8 Å². The molecule has 2 aromatic rings. The van der Waals surface area contributed by atoms with Crippen molar-refractivity contribution in [1.82, 2.24) is 9.80 Å². The Labute approximate surface area is 173 Å². The molecule has 8 heteroatoms. The van der Waals surface area contributed by atoms with Gasteiger partial charge in [0.25, 0.3) is 11.7 Å². The van der Waals surface area contributed by atoms with E-state index in [-0.39, 0.29) is 16.9 Å². The normalized spacial score (nSPS) is 22.0. The highest BCUT2D eigenvalue weighted by Gasteiger charge is 2.47. The summed E-state index contributed by atoms with van der Waals surface area (Å²) in [7, 11) is 0. The molecule has 2 saturated heterocycles. The summed E-state index contributed by atoms with van der Waals surface area (Å²) in [6.07, 6.45) is 2.13. The number of aliphatic hydroxyl groups excluding tert-OH is 1. The molecule has 0 saturated carbocycles. The summed E-state index contributed by atoms with van der Waals surface area (Å²) in [5, 5.41) is 10.8. The fourth-order valence-electron chi connectivity index (χ4n) is 3.91. The van der Waals surface area contributed by atoms with Gasteiger partial charge in [-0.3, -0.25) is 14.5 Å². The van der Waals surface area contributed by atoms with Gasteiger partial charge in [0.2, 0.25) is 0 Å². The topological polar surface area (TPSA) is 83.2 Å². The van der Waals surface area contributed by atoms with Crippen molar-refractivity contribution in [3.05, 3.63) is 65.4 Å². The van der Waals surface area contributed by atoms with Crippen molar-refractivity contribution < 1.29 is 28.2 Å². The molecule has 0 aliphatic carbocycles. The molecule has 2 aliphatic heterocycles. The molecule has 0 radical (unpaired) electrons. The van der Waals surface area contributed by atoms with Gasteiger partial charge < -0.3 is 19.2 Å². The average Bonchev–Trinajstić information content (AvgIpc) is 3.37. The zero-order valence-electron chi connectivity index (χ0n) is 16.4. The largest absolute Gasteiger partial charge is 0.507 e. The van der Waals surface area contributed by atoms with E-state index in [0.717, 1.165) is 19.6 Å². The number of benzene rings is 1. The van der Waals surface area contributed by atoms with E-state index in [1.54, 1.807) is 12.1 Å². The molecule has 0 unspecified atom stereocenters. The molecule has 1 amide bonds. The molecule has 2 fully saturated rings. The predicted octanol–water partition coefficient (Wildman–Crippen LogP) is 2.56. The van der Waals surface area contributed by atoms with Gasteiger partial charge >= 0.3 is 0 Å². The van der Waals surface area contributed by atoms with E-state index in [0.29, 0.717) is 31.9 Å². The first-order valence-electron chi connectivity index (χ1n) is 9.94. The Morgan fingerprint density at radius 1 is 1.10 bits per heavy atom. The van der Waals surface area contributed by atoms with Crippen LogP contribution in [0.25, 0.3) is 5.76 Å². The Bertz CT molecular complexity index is 933. The van der Waals surface area contributed by atoms with Gasteiger partial charge in [-0.05, 0) is 42.8 Å². The maximum Gasteiger partial charge on any atom is 0.295 e. The van der Waals surface area contributed by atoms with Gasteiger partial charge in [-0.15, -0.1) is 0 Å². The molecule has 1 aromatic heterocycles. The fraction of sp³-hybridized carbons (Fsp3) is 0.364. The second kappa shape index (κ2) is 8.81. The van der Waals surface area contributed by atoms with Crippen molar-refractivity contribution >= 4 is 17.4 Å². The summed E-state index contributed by atoms with van der Waals surface area (Å²) in [6, 6.07) is 7.63. The summed E-state index contributed by atoms with van der Waals surface area (Å²) in [5.41, 5.74) is 0.215. The quantitative estimate of drug-likeness (QED) is 0.444. The van der Waals surface area contributed by atoms with Gasteiger partial charge in [-0.1, -0.05) is 0 Å². The number of rotatable bonds is 6. The zero-order chi connectivity index (χ0) is 21.1. The van der Waals surface area contributed by atoms with Crippen LogP contribution in [0.3, 0.4) is 0 Å². The minimum Gasteiger partial charge on any atom is -0.507 e. The number of furan rings is 1. The summed E-state index contributed by atoms with van der Waals surface area (Å²) < 4.78 is 24.1. The molecular formula is C22H23FN2O5. The number of ether oxygens (including phenoxy) is 1. The number of halogens is 1. The number of carbonyl (C=O) groups is 2. The number of morpholine rings is 1. The van der Waals surface area contributed by atoms with Crippen molar-refractivity contribution in [1.29, 1.82) is 0 Å². The lowest BCUT2D eigenvalue weighted by Gasteiger charge is -2.28. The van der Waals surface area contributed by atoms with Crippen LogP contribution in [0.15, 0.2) is 52.7 Å². The lowest BCUT2D eigenvalue weighted by Crippen LogP contribution is -2.38. The smallest absolute Gasteiger partial charge is 0.295 e. The third-order valence-corrected chi connectivity index (χ3v) is 5.45. The van der Waals surface area contributed by atoms with Crippen molar-refractivity contribution in [2.75, 3.05) is 39.4 Å². The highest BCUT2D eigenvalue weighted by atomic mass is 19.1. The first-order chi connectivity index (χ1) is 14.6. The molecule has 7 nitrogen and oxygen atoms in total. The molecule has 3 heterocycles. The van der Waals surface area contributed by atoms with Gasteiger partial charge in [0.15, 0.2) is 0 Å². The lowest BCUT2D eigenvalue weighted by molar-refractivity contribution is -0.140. The number of ketones is 1. The SMILES string of the molecule is O=C1C(=O)N(CCCN2CCOCC2)[C@@H](c2ccco2)/C1=C(\O)c1ccc(F)cc1. The predicted molar refractivity (Wildman–Crippen MR) is 106 cm³/mol. The van der Waals surface area contributed by atoms with Crippen molar-refractivity contribution in [3.8, 4) is 0 Å². The Kier molecular flexibility index (Phi) is 5.96. The van der Waals surface area contributed by atoms with Crippen LogP contribution >= 0.6 is 0 Å². The molecule has 2 aliphatic rings. The van der Waals surface area contributed by atoms with Crippen LogP contribution in [-0.2, 0) is 14.3 Å². The van der Waals surface area contributed by atoms with E-state index in [4.69, 9.17) is 9.15 Å². The number of nitrogens with zero attached hydrogens (tertiary/aromatic N) is 2. The van der Waals surface area contributed by atoms with Crippen molar-refractivity contribution in [2.24, 2.45) is 0 Å². The minimum atomic E-state index is -0.824. The van der Waals surface area contributed by atoms with Crippen LogP contribution < -0.4 is 0 Å². The number of likely N-dealkylation sites (tertiary alicyclic amines) is 1. The highest BCUT2D eigenvalue weighted by molar-refractivity contribution is 6.46. The number of hydrogen-bond acceptors (Lipinski definition) is 6. The van der Waals surface area contributed by atoms with Crippen LogP contribution in [-0.4, -0.2) is 66.0 Å². The van der Waals surface area contributed by atoms with E-state index in [1.807, 2.05) is 0 Å². The maximum absolute atomic E-state index is 13.3. The highest BCUT2D eigenvalue weighted by Crippen LogP contribution is 2.39. The van der Waals surface area contributed by atoms with Crippen LogP contribution in [0, 0.1) is 5.82 Å². The van der Waals surface area contributed by atoms with E-state index >= 15 is 0 Å². The molecule has 158 valence electrons. The van der Waals surface area contributed by atoms with Gasteiger partial charge in [0.1, 0.15) is 23.4 Å². The van der Waals surface area contributed by atoms with Gasteiger partial charge in [0, 0.05) is 31.7 Å². The molecule has 0 bridgehead atoms. The average molecular weight is 414 g/mol. The van der Waals surface area contributed by atoms with E-state index in [1.165, 1.54) is 35.4 Å². The van der Waals surface area contributed by atoms with E-state index in [9.17, 15) is 19.1 Å². The summed E-state index contributed by atoms with van der Waals surface area (Å²) in [5.74, 6) is -1.86. The lowest BCUT2D eigenvalue weighted by atomic mass is 9.99. The first kappa shape index (κ1) is 20.3. The van der Waals surface area contributed by atoms with Gasteiger partial charge in [-0.25, -0.2) is 4.39 Å². The number of amides is 1. The summed E-state index contributed by atoms with van der Waals surface area (Å²) in [6.45, 7) is 4.17. The molecule has 30 heavy (non-hydrogen) atoms. The van der Waals surface area contributed by atoms with Crippen LogP contribution in [0.2, 0.25) is 0 Å². The third kappa shape index (κ3) is 4.01. The molecule has 4 rings (SSSR count). The molecule has 0 spiro atoms. The third-order valence-electron chi connectivity index (χ3n) is 5.45. The zero-order valence-corrected chi connectivity index (χ0v) is 16.4. The number of aliphatic hydroxyl groups is 1. The van der Waals surface area contributed by atoms with Crippen LogP contribution in [0.5, 0.6) is 0 Å². The summed E-state index contributed by atoms with van der Waals surface area (Å²) >= 11 is 0. The van der Waals surface area contributed by atoms with E-state index < -0.39 is 23.5 Å². The Morgan fingerprint density at radius 2 is 1.83 bits per heavy atom. The number of Topliss-reactive ketones (excluding diaryl/α,β-unsaturated/α-hetero) is 1. The van der Waals surface area contributed by atoms with Gasteiger partial charge in [-0.2, -0.15) is 0 Å². The molecule has 1 atom stereocenters. The Morgan fingerprint density at radius 3 is 2.50 bits per heavy atom. The van der Waals surface area contributed by atoms with Crippen molar-refractivity contribution in [3.63, 3.8) is 0 Å². The number of hydrogen-bond donors (Lipinski definition) is 1. The molecule has 1 aromatic carbocycles. The standard InChI is InChI=1S/C22H23FN2O5/c23-16-6-4-15(5-7-16)20(26)18-19(17-3-1-12-30-17)25(22(28)21(18)27)9-2-8-24-10-13-29-14-11-24/h1,3-7,12,19,26H,2,8-11,13-14H2/b20-18+/t19-/m0/s1. The molecule has 1 N–H and O–H groups in total. The maximum atomic E-state index is 13.3. The Hall–Kier alpha value is -2.97. The second-order valence-electron chi connectivity index (χ2n) is 7.32. The fourth-order valence-corrected chi connectivity index (χ4v) is 3.91. The van der Waals surface area contributed by atoms with Crippen LogP contribution in [0.4, 0.5) is 4.39 Å². The Balaban J connectivity index is 1.61. The first-order valence-corrected chi connectivity index (χ1v) is 9.94. The summed E-state index contributed by atoms with van der Waals surface area (Å²) in [4.78, 5) is 29.3. The second-order valence-corrected chi connectivity index (χ2v) is 7.32. The molecular weight excluding hydrogens is 391 g/mol. The van der Waals surface area contributed by atoms with Crippen molar-refractivity contribution in [2.45, 2.75) is 12.5 Å². The van der Waals surface area contributed by atoms with Gasteiger partial charge in [0.05, 0.1) is 25.1 Å².